The summed E-state index contributed by atoms with van der Waals surface area (Å²) in [7, 11) is 0. The fourth-order valence-electron chi connectivity index (χ4n) is 1.64. The van der Waals surface area contributed by atoms with Crippen molar-refractivity contribution in [3.63, 3.8) is 0 Å². The number of aromatic nitrogens is 2. The first-order valence-corrected chi connectivity index (χ1v) is 5.95. The third-order valence-corrected chi connectivity index (χ3v) is 3.30. The second-order valence-corrected chi connectivity index (χ2v) is 4.75. The highest BCUT2D eigenvalue weighted by molar-refractivity contribution is 6.30. The van der Waals surface area contributed by atoms with E-state index in [4.69, 9.17) is 23.2 Å². The monoisotopic (exact) mass is 284 g/mol. The molecule has 1 aromatic carbocycles. The van der Waals surface area contributed by atoms with Crippen LogP contribution in [0.4, 0.5) is 0 Å². The molecule has 94 valence electrons. The molecule has 0 atom stereocenters. The molecule has 2 rings (SSSR count). The molecule has 0 saturated carbocycles. The van der Waals surface area contributed by atoms with Crippen LogP contribution in [0.25, 0.3) is 5.69 Å². The lowest BCUT2D eigenvalue weighted by Gasteiger charge is -2.09. The third-order valence-electron chi connectivity index (χ3n) is 2.68. The Balaban J connectivity index is 2.88. The number of halogens is 2. The van der Waals surface area contributed by atoms with E-state index < -0.39 is 11.2 Å². The Labute approximate surface area is 113 Å². The molecule has 0 aliphatic heterocycles. The van der Waals surface area contributed by atoms with Crippen LogP contribution in [0, 0.1) is 13.8 Å². The number of H-pyrrole nitrogens is 1. The van der Waals surface area contributed by atoms with Crippen LogP contribution in [0.1, 0.15) is 11.1 Å². The van der Waals surface area contributed by atoms with Crippen molar-refractivity contribution in [2.24, 2.45) is 0 Å². The van der Waals surface area contributed by atoms with Crippen LogP contribution in [0.15, 0.2) is 27.8 Å². The molecule has 1 heterocycles. The molecular weight excluding hydrogens is 275 g/mol. The van der Waals surface area contributed by atoms with Gasteiger partial charge in [0.05, 0.1) is 11.3 Å². The summed E-state index contributed by atoms with van der Waals surface area (Å²) in [5.41, 5.74) is 0.480. The molecule has 1 aromatic heterocycles. The minimum absolute atomic E-state index is 0.0564. The van der Waals surface area contributed by atoms with Crippen LogP contribution in [-0.2, 0) is 0 Å². The Kier molecular flexibility index (Phi) is 3.32. The molecule has 18 heavy (non-hydrogen) atoms. The zero-order valence-electron chi connectivity index (χ0n) is 9.75. The number of benzene rings is 1. The summed E-state index contributed by atoms with van der Waals surface area (Å²) in [5, 5.41) is 0.510. The summed E-state index contributed by atoms with van der Waals surface area (Å²) in [4.78, 5) is 26.4. The van der Waals surface area contributed by atoms with Gasteiger partial charge in [0.15, 0.2) is 0 Å². The Morgan fingerprint density at radius 2 is 1.83 bits per heavy atom. The van der Waals surface area contributed by atoms with Gasteiger partial charge < -0.3 is 0 Å². The van der Waals surface area contributed by atoms with Crippen LogP contribution in [0.5, 0.6) is 0 Å². The average Bonchev–Trinajstić information content (AvgIpc) is 2.31. The van der Waals surface area contributed by atoms with Gasteiger partial charge >= 0.3 is 5.69 Å². The molecule has 0 amide bonds. The van der Waals surface area contributed by atoms with Gasteiger partial charge in [-0.3, -0.25) is 9.78 Å². The Morgan fingerprint density at radius 3 is 2.50 bits per heavy atom. The molecular formula is C12H10Cl2N2O2. The van der Waals surface area contributed by atoms with E-state index in [1.807, 2.05) is 0 Å². The van der Waals surface area contributed by atoms with Gasteiger partial charge in [0, 0.05) is 5.02 Å². The summed E-state index contributed by atoms with van der Waals surface area (Å²) in [6.45, 7) is 3.35. The van der Waals surface area contributed by atoms with Gasteiger partial charge in [-0.1, -0.05) is 29.3 Å². The van der Waals surface area contributed by atoms with Gasteiger partial charge in [0.2, 0.25) is 0 Å². The maximum atomic E-state index is 12.1. The Hall–Kier alpha value is -1.52. The molecule has 0 aliphatic rings. The van der Waals surface area contributed by atoms with Crippen LogP contribution in [0.2, 0.25) is 10.2 Å². The van der Waals surface area contributed by atoms with E-state index in [9.17, 15) is 9.59 Å². The second-order valence-electron chi connectivity index (χ2n) is 3.94. The molecule has 0 saturated heterocycles. The number of rotatable bonds is 1. The summed E-state index contributed by atoms with van der Waals surface area (Å²) in [6, 6.07) is 5.01. The van der Waals surface area contributed by atoms with E-state index in [-0.39, 0.29) is 10.7 Å². The van der Waals surface area contributed by atoms with E-state index in [1.54, 1.807) is 32.0 Å². The van der Waals surface area contributed by atoms with Gasteiger partial charge in [0.25, 0.3) is 5.56 Å². The zero-order chi connectivity index (χ0) is 13.4. The van der Waals surface area contributed by atoms with Crippen LogP contribution in [0.3, 0.4) is 0 Å². The van der Waals surface area contributed by atoms with Crippen molar-refractivity contribution in [3.8, 4) is 5.69 Å². The van der Waals surface area contributed by atoms with Crippen molar-refractivity contribution in [1.29, 1.82) is 0 Å². The van der Waals surface area contributed by atoms with E-state index in [0.29, 0.717) is 10.7 Å². The molecule has 0 spiro atoms. The predicted octanol–water partition coefficient (Wildman–Crippen LogP) is 2.45. The molecule has 2 aromatic rings. The summed E-state index contributed by atoms with van der Waals surface area (Å²) < 4.78 is 1.03. The van der Waals surface area contributed by atoms with E-state index in [0.717, 1.165) is 10.1 Å². The van der Waals surface area contributed by atoms with Crippen LogP contribution < -0.4 is 11.2 Å². The van der Waals surface area contributed by atoms with Crippen LogP contribution >= 0.6 is 23.2 Å². The van der Waals surface area contributed by atoms with Gasteiger partial charge in [0.1, 0.15) is 5.15 Å². The maximum absolute atomic E-state index is 12.1. The summed E-state index contributed by atoms with van der Waals surface area (Å²) in [5.74, 6) is 0. The average molecular weight is 285 g/mol. The molecule has 0 fully saturated rings. The lowest BCUT2D eigenvalue weighted by molar-refractivity contribution is 0.854. The Morgan fingerprint density at radius 1 is 1.17 bits per heavy atom. The van der Waals surface area contributed by atoms with Crippen LogP contribution in [-0.4, -0.2) is 9.55 Å². The van der Waals surface area contributed by atoms with Crippen molar-refractivity contribution < 1.29 is 0 Å². The molecule has 0 radical (unpaired) electrons. The minimum atomic E-state index is -0.582. The predicted molar refractivity (Wildman–Crippen MR) is 72.2 cm³/mol. The minimum Gasteiger partial charge on any atom is -0.297 e. The topological polar surface area (TPSA) is 54.9 Å². The van der Waals surface area contributed by atoms with E-state index in [2.05, 4.69) is 4.98 Å². The number of aryl methyl sites for hydroxylation is 1. The number of hydrogen-bond acceptors (Lipinski definition) is 2. The van der Waals surface area contributed by atoms with Gasteiger partial charge in [-0.15, -0.1) is 0 Å². The molecule has 4 nitrogen and oxygen atoms in total. The normalized spacial score (nSPS) is 10.7. The quantitative estimate of drug-likeness (QED) is 0.818. The molecule has 0 aliphatic carbocycles. The third kappa shape index (κ3) is 2.09. The highest BCUT2D eigenvalue weighted by Crippen LogP contribution is 2.17. The number of hydrogen-bond donors (Lipinski definition) is 1. The van der Waals surface area contributed by atoms with Gasteiger partial charge in [-0.2, -0.15) is 0 Å². The lowest BCUT2D eigenvalue weighted by Crippen LogP contribution is -2.35. The van der Waals surface area contributed by atoms with E-state index >= 15 is 0 Å². The highest BCUT2D eigenvalue weighted by Gasteiger charge is 2.12. The SMILES string of the molecule is Cc1ccc(Cl)cc1-n1c(=O)[nH]c(Cl)c(C)c1=O. The fourth-order valence-corrected chi connectivity index (χ4v) is 1.97. The first-order valence-electron chi connectivity index (χ1n) is 5.20. The fraction of sp³-hybridized carbons (Fsp3) is 0.167. The highest BCUT2D eigenvalue weighted by atomic mass is 35.5. The second kappa shape index (κ2) is 4.63. The molecule has 0 bridgehead atoms. The van der Waals surface area contributed by atoms with Crippen molar-refractivity contribution in [1.82, 2.24) is 9.55 Å². The number of nitrogens with one attached hydrogen (secondary N) is 1. The smallest absolute Gasteiger partial charge is 0.297 e. The maximum Gasteiger partial charge on any atom is 0.334 e. The van der Waals surface area contributed by atoms with Crippen molar-refractivity contribution in [3.05, 3.63) is 60.3 Å². The number of nitrogens with zero attached hydrogens (tertiary/aromatic N) is 1. The first-order chi connectivity index (χ1) is 8.41. The standard InChI is InChI=1S/C12H10Cl2N2O2/c1-6-3-4-8(13)5-9(6)16-11(17)7(2)10(14)15-12(16)18/h3-5H,1-2H3,(H,15,18). The lowest BCUT2D eigenvalue weighted by atomic mass is 10.2. The van der Waals surface area contributed by atoms with Crippen molar-refractivity contribution >= 4 is 23.2 Å². The summed E-state index contributed by atoms with van der Waals surface area (Å²) >= 11 is 11.6. The van der Waals surface area contributed by atoms with E-state index in [1.165, 1.54) is 0 Å². The van der Waals surface area contributed by atoms with Gasteiger partial charge in [-0.05, 0) is 31.5 Å². The zero-order valence-corrected chi connectivity index (χ0v) is 11.3. The molecule has 0 unspecified atom stereocenters. The largest absolute Gasteiger partial charge is 0.334 e. The number of aromatic amines is 1. The molecule has 6 heteroatoms. The summed E-state index contributed by atoms with van der Waals surface area (Å²) in [6.07, 6.45) is 0. The van der Waals surface area contributed by atoms with Gasteiger partial charge in [-0.25, -0.2) is 9.36 Å². The van der Waals surface area contributed by atoms with Crippen molar-refractivity contribution in [2.45, 2.75) is 13.8 Å². The Bertz CT molecular complexity index is 732. The molecule has 1 N–H and O–H groups in total. The first kappa shape index (κ1) is 12.9. The van der Waals surface area contributed by atoms with Crippen molar-refractivity contribution in [2.75, 3.05) is 0 Å².